The van der Waals surface area contributed by atoms with Gasteiger partial charge in [-0.1, -0.05) is 18.6 Å². The summed E-state index contributed by atoms with van der Waals surface area (Å²) in [5.41, 5.74) is 2.64. The highest BCUT2D eigenvalue weighted by molar-refractivity contribution is 5.39. The molecule has 3 rings (SSSR count). The molecular weight excluding hydrogens is 238 g/mol. The van der Waals surface area contributed by atoms with Crippen molar-refractivity contribution in [3.63, 3.8) is 0 Å². The monoisotopic (exact) mass is 261 g/mol. The second-order valence-corrected chi connectivity index (χ2v) is 5.70. The van der Waals surface area contributed by atoms with E-state index in [1.165, 1.54) is 24.0 Å². The first-order chi connectivity index (χ1) is 9.33. The predicted molar refractivity (Wildman–Crippen MR) is 75.6 cm³/mol. The Hall–Kier alpha value is -1.06. The summed E-state index contributed by atoms with van der Waals surface area (Å²) in [6.07, 6.45) is 6.20. The molecule has 19 heavy (non-hydrogen) atoms. The van der Waals surface area contributed by atoms with Crippen LogP contribution in [0.15, 0.2) is 18.2 Å². The standard InChI is InChI=1S/C16H23NO2/c18-15(14-3-1-2-9-17-14)6-4-12-5-7-16-13(11-12)8-10-19-16/h5,7,11,14-15,17-18H,1-4,6,8-10H2. The molecule has 3 nitrogen and oxygen atoms in total. The molecular formula is C16H23NO2. The molecule has 2 heterocycles. The van der Waals surface area contributed by atoms with E-state index in [0.29, 0.717) is 6.04 Å². The maximum Gasteiger partial charge on any atom is 0.122 e. The number of hydrogen-bond acceptors (Lipinski definition) is 3. The van der Waals surface area contributed by atoms with Gasteiger partial charge in [-0.2, -0.15) is 0 Å². The zero-order valence-corrected chi connectivity index (χ0v) is 11.4. The molecule has 0 spiro atoms. The summed E-state index contributed by atoms with van der Waals surface area (Å²) >= 11 is 0. The van der Waals surface area contributed by atoms with Gasteiger partial charge in [0.15, 0.2) is 0 Å². The Morgan fingerprint density at radius 2 is 2.32 bits per heavy atom. The fraction of sp³-hybridized carbons (Fsp3) is 0.625. The number of nitrogens with one attached hydrogen (secondary N) is 1. The Kier molecular flexibility index (Phi) is 4.04. The van der Waals surface area contributed by atoms with Gasteiger partial charge in [0.25, 0.3) is 0 Å². The van der Waals surface area contributed by atoms with Gasteiger partial charge in [-0.25, -0.2) is 0 Å². The van der Waals surface area contributed by atoms with Crippen molar-refractivity contribution < 1.29 is 9.84 Å². The van der Waals surface area contributed by atoms with Crippen molar-refractivity contribution in [1.82, 2.24) is 5.32 Å². The Balaban J connectivity index is 1.53. The number of ether oxygens (including phenoxy) is 1. The van der Waals surface area contributed by atoms with Crippen molar-refractivity contribution >= 4 is 0 Å². The molecule has 0 bridgehead atoms. The summed E-state index contributed by atoms with van der Waals surface area (Å²) in [6, 6.07) is 6.74. The maximum atomic E-state index is 10.2. The minimum Gasteiger partial charge on any atom is -0.493 e. The molecule has 2 aliphatic heterocycles. The van der Waals surface area contributed by atoms with Crippen LogP contribution in [-0.2, 0) is 12.8 Å². The molecule has 0 aliphatic carbocycles. The Morgan fingerprint density at radius 1 is 1.37 bits per heavy atom. The number of fused-ring (bicyclic) bond motifs is 1. The topological polar surface area (TPSA) is 41.5 Å². The van der Waals surface area contributed by atoms with Crippen molar-refractivity contribution in [3.05, 3.63) is 29.3 Å². The van der Waals surface area contributed by atoms with Crippen molar-refractivity contribution in [1.29, 1.82) is 0 Å². The minimum absolute atomic E-state index is 0.218. The van der Waals surface area contributed by atoms with Gasteiger partial charge in [0, 0.05) is 12.5 Å². The smallest absolute Gasteiger partial charge is 0.122 e. The number of aliphatic hydroxyl groups is 1. The molecule has 3 heteroatoms. The number of rotatable bonds is 4. The molecule has 0 amide bonds. The molecule has 2 N–H and O–H groups in total. The average molecular weight is 261 g/mol. The molecule has 1 aromatic carbocycles. The summed E-state index contributed by atoms with van der Waals surface area (Å²) in [6.45, 7) is 1.87. The van der Waals surface area contributed by atoms with Crippen LogP contribution in [0, 0.1) is 0 Å². The van der Waals surface area contributed by atoms with E-state index in [9.17, 15) is 5.11 Å². The van der Waals surface area contributed by atoms with Crippen molar-refractivity contribution in [2.45, 2.75) is 50.7 Å². The van der Waals surface area contributed by atoms with Gasteiger partial charge < -0.3 is 15.2 Å². The van der Waals surface area contributed by atoms with E-state index in [4.69, 9.17) is 4.74 Å². The van der Waals surface area contributed by atoms with Gasteiger partial charge >= 0.3 is 0 Å². The fourth-order valence-corrected chi connectivity index (χ4v) is 3.12. The van der Waals surface area contributed by atoms with E-state index in [2.05, 4.69) is 23.5 Å². The van der Waals surface area contributed by atoms with E-state index in [1.54, 1.807) is 0 Å². The third-order valence-electron chi connectivity index (χ3n) is 4.30. The Labute approximate surface area is 115 Å². The maximum absolute atomic E-state index is 10.2. The van der Waals surface area contributed by atoms with E-state index in [1.807, 2.05) is 0 Å². The molecule has 1 fully saturated rings. The molecule has 104 valence electrons. The highest BCUT2D eigenvalue weighted by Gasteiger charge is 2.21. The normalized spacial score (nSPS) is 23.7. The highest BCUT2D eigenvalue weighted by atomic mass is 16.5. The van der Waals surface area contributed by atoms with Gasteiger partial charge in [-0.15, -0.1) is 0 Å². The van der Waals surface area contributed by atoms with Gasteiger partial charge in [0.2, 0.25) is 0 Å². The van der Waals surface area contributed by atoms with Gasteiger partial charge in [0.05, 0.1) is 12.7 Å². The SMILES string of the molecule is OC(CCc1ccc2c(c1)CCO2)C1CCCCN1. The van der Waals surface area contributed by atoms with Crippen LogP contribution < -0.4 is 10.1 Å². The number of benzene rings is 1. The summed E-state index contributed by atoms with van der Waals surface area (Å²) in [7, 11) is 0. The third kappa shape index (κ3) is 3.10. The van der Waals surface area contributed by atoms with E-state index in [-0.39, 0.29) is 6.10 Å². The van der Waals surface area contributed by atoms with Crippen LogP contribution in [0.2, 0.25) is 0 Å². The van der Waals surface area contributed by atoms with Gasteiger partial charge in [-0.3, -0.25) is 0 Å². The number of aryl methyl sites for hydroxylation is 1. The molecule has 2 aliphatic rings. The van der Waals surface area contributed by atoms with Crippen LogP contribution in [0.5, 0.6) is 5.75 Å². The van der Waals surface area contributed by atoms with Crippen LogP contribution in [-0.4, -0.2) is 30.4 Å². The lowest BCUT2D eigenvalue weighted by Crippen LogP contribution is -2.43. The predicted octanol–water partition coefficient (Wildman–Crippen LogP) is 2.06. The van der Waals surface area contributed by atoms with Gasteiger partial charge in [-0.05, 0) is 49.4 Å². The van der Waals surface area contributed by atoms with E-state index >= 15 is 0 Å². The molecule has 1 saturated heterocycles. The first-order valence-corrected chi connectivity index (χ1v) is 7.49. The average Bonchev–Trinajstić information content (AvgIpc) is 2.93. The summed E-state index contributed by atoms with van der Waals surface area (Å²) in [5, 5.41) is 13.7. The van der Waals surface area contributed by atoms with Crippen molar-refractivity contribution in [2.24, 2.45) is 0 Å². The molecule has 0 radical (unpaired) electrons. The van der Waals surface area contributed by atoms with Crippen molar-refractivity contribution in [2.75, 3.05) is 13.2 Å². The molecule has 1 aromatic rings. The lowest BCUT2D eigenvalue weighted by Gasteiger charge is -2.28. The summed E-state index contributed by atoms with van der Waals surface area (Å²) < 4.78 is 5.51. The second-order valence-electron chi connectivity index (χ2n) is 5.70. The fourth-order valence-electron chi connectivity index (χ4n) is 3.12. The molecule has 2 atom stereocenters. The van der Waals surface area contributed by atoms with E-state index < -0.39 is 0 Å². The van der Waals surface area contributed by atoms with Gasteiger partial charge in [0.1, 0.15) is 5.75 Å². The number of hydrogen-bond donors (Lipinski definition) is 2. The zero-order chi connectivity index (χ0) is 13.1. The molecule has 0 saturated carbocycles. The first kappa shape index (κ1) is 12.9. The largest absolute Gasteiger partial charge is 0.493 e. The zero-order valence-electron chi connectivity index (χ0n) is 11.4. The number of piperidine rings is 1. The highest BCUT2D eigenvalue weighted by Crippen LogP contribution is 2.26. The Bertz CT molecular complexity index is 427. The summed E-state index contributed by atoms with van der Waals surface area (Å²) in [5.74, 6) is 1.04. The summed E-state index contributed by atoms with van der Waals surface area (Å²) in [4.78, 5) is 0. The van der Waals surface area contributed by atoms with Crippen LogP contribution >= 0.6 is 0 Å². The lowest BCUT2D eigenvalue weighted by atomic mass is 9.95. The molecule has 0 aromatic heterocycles. The Morgan fingerprint density at radius 3 is 3.16 bits per heavy atom. The quantitative estimate of drug-likeness (QED) is 0.871. The van der Waals surface area contributed by atoms with Crippen LogP contribution in [0.1, 0.15) is 36.8 Å². The lowest BCUT2D eigenvalue weighted by molar-refractivity contribution is 0.105. The number of aliphatic hydroxyl groups excluding tert-OH is 1. The first-order valence-electron chi connectivity index (χ1n) is 7.49. The third-order valence-corrected chi connectivity index (χ3v) is 4.30. The second kappa shape index (κ2) is 5.93. The van der Waals surface area contributed by atoms with Crippen LogP contribution in [0.4, 0.5) is 0 Å². The van der Waals surface area contributed by atoms with E-state index in [0.717, 1.165) is 44.6 Å². The van der Waals surface area contributed by atoms with Crippen molar-refractivity contribution in [3.8, 4) is 5.75 Å². The van der Waals surface area contributed by atoms with Crippen LogP contribution in [0.25, 0.3) is 0 Å². The van der Waals surface area contributed by atoms with Crippen LogP contribution in [0.3, 0.4) is 0 Å². The minimum atomic E-state index is -0.218. The molecule has 2 unspecified atom stereocenters.